The molecular weight excluding hydrogens is 566 g/mol. The van der Waals surface area contributed by atoms with Crippen molar-refractivity contribution >= 4 is 32.0 Å². The first-order valence-corrected chi connectivity index (χ1v) is 17.4. The highest BCUT2D eigenvalue weighted by Crippen LogP contribution is 2.38. The Labute approximate surface area is 255 Å². The number of ketones is 1. The minimum Gasteiger partial charge on any atom is -0.484 e. The molecule has 10 nitrogen and oxygen atoms in total. The third-order valence-electron chi connectivity index (χ3n) is 8.02. The van der Waals surface area contributed by atoms with Gasteiger partial charge in [-0.15, -0.1) is 0 Å². The number of ether oxygens (including phenoxy) is 1. The fourth-order valence-corrected chi connectivity index (χ4v) is 5.51. The van der Waals surface area contributed by atoms with E-state index in [2.05, 4.69) is 39.2 Å². The molecule has 2 aromatic carbocycles. The molecule has 234 valence electrons. The molecule has 1 saturated heterocycles. The summed E-state index contributed by atoms with van der Waals surface area (Å²) in [7, 11) is -2.14. The predicted octanol–water partition coefficient (Wildman–Crippen LogP) is 5.08. The maximum Gasteiger partial charge on any atom is 0.408 e. The second kappa shape index (κ2) is 13.3. The second-order valence-corrected chi connectivity index (χ2v) is 18.2. The smallest absolute Gasteiger partial charge is 0.408 e. The van der Waals surface area contributed by atoms with Crippen LogP contribution in [0.15, 0.2) is 48.5 Å². The summed E-state index contributed by atoms with van der Waals surface area (Å²) in [5, 5.41) is 12.3. The maximum atomic E-state index is 12.7. The van der Waals surface area contributed by atoms with Crippen LogP contribution in [0.1, 0.15) is 63.0 Å². The van der Waals surface area contributed by atoms with Crippen molar-refractivity contribution in [3.8, 4) is 5.75 Å². The van der Waals surface area contributed by atoms with Gasteiger partial charge in [0.15, 0.2) is 20.7 Å². The first-order chi connectivity index (χ1) is 19.9. The fraction of sp³-hybridized carbons (Fsp3) is 0.500. The Balaban J connectivity index is 1.46. The van der Waals surface area contributed by atoms with Crippen molar-refractivity contribution in [1.29, 1.82) is 0 Å². The Bertz CT molecular complexity index is 1310. The number of carboxylic acid groups (broad SMARTS) is 1. The average molecular weight is 612 g/mol. The molecule has 0 aliphatic carbocycles. The largest absolute Gasteiger partial charge is 0.484 e. The van der Waals surface area contributed by atoms with Gasteiger partial charge in [-0.05, 0) is 74.3 Å². The summed E-state index contributed by atoms with van der Waals surface area (Å²) in [5.41, 5.74) is 1.56. The normalized spacial score (nSPS) is 15.8. The van der Waals surface area contributed by atoms with Crippen molar-refractivity contribution in [2.45, 2.75) is 84.4 Å². The highest BCUT2D eigenvalue weighted by molar-refractivity contribution is 6.74. The molecule has 1 fully saturated rings. The van der Waals surface area contributed by atoms with Gasteiger partial charge < -0.3 is 24.5 Å². The Morgan fingerprint density at radius 3 is 2.09 bits per heavy atom. The van der Waals surface area contributed by atoms with Crippen molar-refractivity contribution in [3.05, 3.63) is 65.2 Å². The molecule has 2 aromatic rings. The van der Waals surface area contributed by atoms with Gasteiger partial charge in [0.25, 0.3) is 11.8 Å². The van der Waals surface area contributed by atoms with Crippen LogP contribution in [0.25, 0.3) is 0 Å². The van der Waals surface area contributed by atoms with Crippen LogP contribution in [-0.4, -0.2) is 78.3 Å². The van der Waals surface area contributed by atoms with E-state index in [1.165, 1.54) is 9.80 Å². The number of nitrogens with one attached hydrogen (secondary N) is 1. The zero-order valence-electron chi connectivity index (χ0n) is 26.5. The molecule has 2 N–H and O–H groups in total. The molecule has 0 bridgehead atoms. The molecule has 3 amide bonds. The van der Waals surface area contributed by atoms with Crippen molar-refractivity contribution in [3.63, 3.8) is 0 Å². The van der Waals surface area contributed by atoms with Gasteiger partial charge in [-0.1, -0.05) is 45.0 Å². The number of carbonyl (C=O) groups is 4. The van der Waals surface area contributed by atoms with Crippen LogP contribution >= 0.6 is 0 Å². The molecule has 0 aromatic heterocycles. The van der Waals surface area contributed by atoms with E-state index in [1.54, 1.807) is 48.5 Å². The lowest BCUT2D eigenvalue weighted by Crippen LogP contribution is -2.46. The van der Waals surface area contributed by atoms with Crippen molar-refractivity contribution in [2.75, 3.05) is 19.7 Å². The summed E-state index contributed by atoms with van der Waals surface area (Å²) >= 11 is 0. The van der Waals surface area contributed by atoms with E-state index in [0.29, 0.717) is 17.9 Å². The van der Waals surface area contributed by atoms with Crippen LogP contribution in [0.4, 0.5) is 4.79 Å². The number of Topliss-reactive ketones (excluding diaryl/α,β-unsaturated/α-hetero) is 1. The Hall–Kier alpha value is -3.70. The van der Waals surface area contributed by atoms with E-state index < -0.39 is 26.1 Å². The van der Waals surface area contributed by atoms with E-state index in [1.807, 2.05) is 20.8 Å². The Morgan fingerprint density at radius 2 is 1.56 bits per heavy atom. The van der Waals surface area contributed by atoms with Crippen molar-refractivity contribution in [1.82, 2.24) is 15.1 Å². The number of carbonyl (C=O) groups excluding carboxylic acids is 3. The van der Waals surface area contributed by atoms with E-state index >= 15 is 0 Å². The van der Waals surface area contributed by atoms with E-state index in [0.717, 1.165) is 11.1 Å². The number of benzene rings is 2. The molecule has 1 aliphatic heterocycles. The second-order valence-electron chi connectivity index (χ2n) is 13.5. The quantitative estimate of drug-likeness (QED) is 0.359. The van der Waals surface area contributed by atoms with Gasteiger partial charge in [0.2, 0.25) is 0 Å². The molecule has 0 radical (unpaired) electrons. The zero-order chi connectivity index (χ0) is 32.2. The molecule has 11 heteroatoms. The molecule has 1 heterocycles. The van der Waals surface area contributed by atoms with E-state index in [-0.39, 0.29) is 48.9 Å². The Morgan fingerprint density at radius 1 is 0.977 bits per heavy atom. The predicted molar refractivity (Wildman–Crippen MR) is 167 cm³/mol. The first kappa shape index (κ1) is 33.8. The molecule has 3 rings (SSSR count). The third-order valence-corrected chi connectivity index (χ3v) is 12.5. The summed E-state index contributed by atoms with van der Waals surface area (Å²) in [6.45, 7) is 16.6. The Kier molecular flexibility index (Phi) is 10.5. The minimum absolute atomic E-state index is 0.0283. The number of nitrogens with zero attached hydrogens (tertiary/aromatic N) is 2. The summed E-state index contributed by atoms with van der Waals surface area (Å²) in [5.74, 6) is -0.0966. The van der Waals surface area contributed by atoms with Gasteiger partial charge in [0, 0.05) is 24.2 Å². The monoisotopic (exact) mass is 611 g/mol. The van der Waals surface area contributed by atoms with Crippen molar-refractivity contribution in [2.24, 2.45) is 0 Å². The number of rotatable bonds is 10. The summed E-state index contributed by atoms with van der Waals surface area (Å²) in [6.07, 6.45) is -1.59. The highest BCUT2D eigenvalue weighted by Gasteiger charge is 2.44. The number of likely N-dealkylation sites (tertiary alicyclic amines) is 1. The lowest BCUT2D eigenvalue weighted by atomic mass is 10.0. The van der Waals surface area contributed by atoms with Crippen LogP contribution in [0, 0.1) is 0 Å². The third kappa shape index (κ3) is 9.14. The lowest BCUT2D eigenvalue weighted by Gasteiger charge is -2.37. The number of amides is 3. The standard InChI is InChI=1S/C32H45N3O7Si/c1-31(2,3)35(30(39)40)18-23-9-13-24(14-10-23)29(38)33-17-22-11-15-25(16-12-22)41-21-28(37)34-19-26(36)27(20-34)42-43(7,8)32(4,5)6/h9-16,27H,17-21H2,1-8H3,(H,33,38)(H,39,40). The number of hydrogen-bond acceptors (Lipinski definition) is 6. The van der Waals surface area contributed by atoms with Crippen LogP contribution in [-0.2, 0) is 27.1 Å². The number of hydrogen-bond donors (Lipinski definition) is 2. The van der Waals surface area contributed by atoms with E-state index in [9.17, 15) is 24.3 Å². The summed E-state index contributed by atoms with van der Waals surface area (Å²) < 4.78 is 11.9. The topological polar surface area (TPSA) is 125 Å². The van der Waals surface area contributed by atoms with Gasteiger partial charge in [0.1, 0.15) is 11.9 Å². The zero-order valence-corrected chi connectivity index (χ0v) is 27.5. The van der Waals surface area contributed by atoms with Gasteiger partial charge in [-0.3, -0.25) is 19.3 Å². The maximum absolute atomic E-state index is 12.7. The highest BCUT2D eigenvalue weighted by atomic mass is 28.4. The van der Waals surface area contributed by atoms with Gasteiger partial charge >= 0.3 is 6.09 Å². The van der Waals surface area contributed by atoms with Gasteiger partial charge in [-0.2, -0.15) is 0 Å². The van der Waals surface area contributed by atoms with E-state index in [4.69, 9.17) is 9.16 Å². The molecular formula is C32H45N3O7Si. The van der Waals surface area contributed by atoms with Gasteiger partial charge in [0.05, 0.1) is 13.1 Å². The molecule has 43 heavy (non-hydrogen) atoms. The molecule has 1 atom stereocenters. The van der Waals surface area contributed by atoms with Gasteiger partial charge in [-0.25, -0.2) is 4.79 Å². The summed E-state index contributed by atoms with van der Waals surface area (Å²) in [6, 6.07) is 13.9. The van der Waals surface area contributed by atoms with Crippen LogP contribution in [0.3, 0.4) is 0 Å². The van der Waals surface area contributed by atoms with Crippen LogP contribution in [0.2, 0.25) is 18.1 Å². The summed E-state index contributed by atoms with van der Waals surface area (Å²) in [4.78, 5) is 52.3. The molecule has 0 spiro atoms. The minimum atomic E-state index is -2.14. The van der Waals surface area contributed by atoms with Crippen LogP contribution < -0.4 is 10.1 Å². The lowest BCUT2D eigenvalue weighted by molar-refractivity contribution is -0.133. The first-order valence-electron chi connectivity index (χ1n) is 14.4. The average Bonchev–Trinajstić information content (AvgIpc) is 3.27. The SMILES string of the molecule is CC(C)(C)N(Cc1ccc(C(=O)NCc2ccc(OCC(=O)N3CC(=O)C(O[Si](C)(C)C(C)(C)C)C3)cc2)cc1)C(=O)O. The van der Waals surface area contributed by atoms with Crippen molar-refractivity contribution < 1.29 is 33.4 Å². The molecule has 1 aliphatic rings. The van der Waals surface area contributed by atoms with Crippen LogP contribution in [0.5, 0.6) is 5.75 Å². The molecule has 0 saturated carbocycles. The fourth-order valence-electron chi connectivity index (χ4n) is 4.24. The molecule has 1 unspecified atom stereocenters.